The minimum Gasteiger partial charge on any atom is -0.490 e. The molecule has 2 aromatic rings. The molecule has 0 radical (unpaired) electrons. The molecular formula is C24H31ClO4. The van der Waals surface area contributed by atoms with Crippen molar-refractivity contribution in [3.63, 3.8) is 0 Å². The van der Waals surface area contributed by atoms with Gasteiger partial charge in [0.05, 0.1) is 17.2 Å². The summed E-state index contributed by atoms with van der Waals surface area (Å²) in [5.41, 5.74) is 2.44. The molecule has 0 aromatic heterocycles. The SMILES string of the molecule is CCC(O)COc1c2c(c(OCC(O)CC)c3c(Cl)cccc13)C1CC(C)C2C1. The van der Waals surface area contributed by atoms with Crippen molar-refractivity contribution in [1.29, 1.82) is 0 Å². The Labute approximate surface area is 177 Å². The predicted molar refractivity (Wildman–Crippen MR) is 116 cm³/mol. The molecule has 158 valence electrons. The number of benzene rings is 2. The van der Waals surface area contributed by atoms with Crippen LogP contribution in [0.3, 0.4) is 0 Å². The van der Waals surface area contributed by atoms with Crippen molar-refractivity contribution in [3.05, 3.63) is 34.3 Å². The fourth-order valence-electron chi connectivity index (χ4n) is 5.03. The van der Waals surface area contributed by atoms with Gasteiger partial charge in [-0.05, 0) is 49.5 Å². The molecule has 5 atom stereocenters. The molecule has 0 aliphatic heterocycles. The highest BCUT2D eigenvalue weighted by molar-refractivity contribution is 6.36. The predicted octanol–water partition coefficient (Wildman–Crippen LogP) is 5.40. The van der Waals surface area contributed by atoms with Crippen molar-refractivity contribution in [2.45, 2.75) is 70.5 Å². The molecule has 29 heavy (non-hydrogen) atoms. The van der Waals surface area contributed by atoms with Gasteiger partial charge in [0.25, 0.3) is 0 Å². The Bertz CT molecular complexity index is 896. The summed E-state index contributed by atoms with van der Waals surface area (Å²) >= 11 is 6.66. The number of ether oxygens (including phenoxy) is 2. The van der Waals surface area contributed by atoms with Gasteiger partial charge < -0.3 is 19.7 Å². The van der Waals surface area contributed by atoms with E-state index in [0.29, 0.717) is 35.6 Å². The van der Waals surface area contributed by atoms with Crippen molar-refractivity contribution >= 4 is 22.4 Å². The number of halogens is 1. The first-order chi connectivity index (χ1) is 14.0. The molecule has 5 unspecified atom stereocenters. The molecule has 0 spiro atoms. The van der Waals surface area contributed by atoms with Gasteiger partial charge in [0.2, 0.25) is 0 Å². The maximum atomic E-state index is 10.1. The molecule has 4 rings (SSSR count). The van der Waals surface area contributed by atoms with E-state index in [-0.39, 0.29) is 13.2 Å². The van der Waals surface area contributed by atoms with Crippen LogP contribution in [0.1, 0.15) is 69.4 Å². The summed E-state index contributed by atoms with van der Waals surface area (Å²) in [5.74, 6) is 3.13. The second kappa shape index (κ2) is 8.33. The molecule has 0 saturated heterocycles. The normalized spacial score (nSPS) is 24.6. The van der Waals surface area contributed by atoms with Crippen molar-refractivity contribution in [2.75, 3.05) is 13.2 Å². The molecule has 2 N–H and O–H groups in total. The van der Waals surface area contributed by atoms with Crippen LogP contribution in [0.5, 0.6) is 11.5 Å². The van der Waals surface area contributed by atoms with Gasteiger partial charge in [0, 0.05) is 21.9 Å². The van der Waals surface area contributed by atoms with E-state index in [2.05, 4.69) is 6.92 Å². The van der Waals surface area contributed by atoms with Crippen LogP contribution in [0.2, 0.25) is 5.02 Å². The second-order valence-electron chi connectivity index (χ2n) is 8.65. The third kappa shape index (κ3) is 3.60. The van der Waals surface area contributed by atoms with Crippen molar-refractivity contribution in [1.82, 2.24) is 0 Å². The quantitative estimate of drug-likeness (QED) is 0.602. The highest BCUT2D eigenvalue weighted by Gasteiger charge is 2.46. The molecule has 2 aliphatic carbocycles. The van der Waals surface area contributed by atoms with Gasteiger partial charge in [-0.3, -0.25) is 0 Å². The van der Waals surface area contributed by atoms with Crippen LogP contribution in [0.15, 0.2) is 18.2 Å². The van der Waals surface area contributed by atoms with E-state index in [1.54, 1.807) is 0 Å². The number of aliphatic hydroxyl groups is 2. The Kier molecular flexibility index (Phi) is 5.97. The summed E-state index contributed by atoms with van der Waals surface area (Å²) < 4.78 is 12.5. The molecule has 4 nitrogen and oxygen atoms in total. The Balaban J connectivity index is 1.90. The van der Waals surface area contributed by atoms with E-state index in [1.807, 2.05) is 32.0 Å². The number of hydrogen-bond donors (Lipinski definition) is 2. The molecule has 1 saturated carbocycles. The lowest BCUT2D eigenvalue weighted by Gasteiger charge is -2.29. The first kappa shape index (κ1) is 20.8. The van der Waals surface area contributed by atoms with Gasteiger partial charge in [-0.25, -0.2) is 0 Å². The Morgan fingerprint density at radius 1 is 1.00 bits per heavy atom. The smallest absolute Gasteiger partial charge is 0.132 e. The molecule has 5 heteroatoms. The van der Waals surface area contributed by atoms with E-state index >= 15 is 0 Å². The lowest BCUT2D eigenvalue weighted by molar-refractivity contribution is 0.102. The minimum atomic E-state index is -0.503. The van der Waals surface area contributed by atoms with Crippen LogP contribution in [0.4, 0.5) is 0 Å². The van der Waals surface area contributed by atoms with Gasteiger partial charge >= 0.3 is 0 Å². The fourth-order valence-corrected chi connectivity index (χ4v) is 5.29. The monoisotopic (exact) mass is 418 g/mol. The highest BCUT2D eigenvalue weighted by atomic mass is 35.5. The number of fused-ring (bicyclic) bond motifs is 6. The third-order valence-electron chi connectivity index (χ3n) is 6.71. The Morgan fingerprint density at radius 3 is 2.31 bits per heavy atom. The van der Waals surface area contributed by atoms with E-state index in [1.165, 1.54) is 11.1 Å². The van der Waals surface area contributed by atoms with Gasteiger partial charge in [-0.2, -0.15) is 0 Å². The van der Waals surface area contributed by atoms with Crippen LogP contribution in [-0.4, -0.2) is 35.6 Å². The molecule has 0 amide bonds. The maximum absolute atomic E-state index is 10.1. The summed E-state index contributed by atoms with van der Waals surface area (Å²) in [5, 5.41) is 22.6. The zero-order chi connectivity index (χ0) is 20.7. The Hall–Kier alpha value is -1.49. The third-order valence-corrected chi connectivity index (χ3v) is 7.02. The second-order valence-corrected chi connectivity index (χ2v) is 9.05. The lowest BCUT2D eigenvalue weighted by Crippen LogP contribution is -2.20. The van der Waals surface area contributed by atoms with Gasteiger partial charge in [0.15, 0.2) is 0 Å². The van der Waals surface area contributed by atoms with Gasteiger partial charge in [-0.15, -0.1) is 0 Å². The average Bonchev–Trinajstić information content (AvgIpc) is 3.27. The summed E-state index contributed by atoms with van der Waals surface area (Å²) in [6, 6.07) is 5.83. The number of hydrogen-bond acceptors (Lipinski definition) is 4. The van der Waals surface area contributed by atoms with Gasteiger partial charge in [-0.1, -0.05) is 44.5 Å². The van der Waals surface area contributed by atoms with Crippen LogP contribution >= 0.6 is 11.6 Å². The van der Waals surface area contributed by atoms with Crippen molar-refractivity contribution in [2.24, 2.45) is 5.92 Å². The number of aliphatic hydroxyl groups excluding tert-OH is 2. The maximum Gasteiger partial charge on any atom is 0.132 e. The highest BCUT2D eigenvalue weighted by Crippen LogP contribution is 2.63. The van der Waals surface area contributed by atoms with Crippen LogP contribution in [-0.2, 0) is 0 Å². The molecular weight excluding hydrogens is 388 g/mol. The van der Waals surface area contributed by atoms with E-state index < -0.39 is 12.2 Å². The molecule has 2 aromatic carbocycles. The lowest BCUT2D eigenvalue weighted by atomic mass is 9.82. The zero-order valence-electron chi connectivity index (χ0n) is 17.5. The largest absolute Gasteiger partial charge is 0.490 e. The Morgan fingerprint density at radius 2 is 1.66 bits per heavy atom. The fraction of sp³-hybridized carbons (Fsp3) is 0.583. The average molecular weight is 419 g/mol. The molecule has 2 bridgehead atoms. The molecule has 0 heterocycles. The standard InChI is InChI=1S/C24H31ClO4/c1-4-15(26)11-28-23-17-7-6-8-19(25)21(17)24(29-12-16(27)5-2)20-14-9-13(3)18(10-14)22(20)23/h6-8,13-16,18,26-27H,4-5,9-12H2,1-3H3. The summed E-state index contributed by atoms with van der Waals surface area (Å²) in [6.07, 6.45) is 2.54. The minimum absolute atomic E-state index is 0.255. The molecule has 2 aliphatic rings. The zero-order valence-corrected chi connectivity index (χ0v) is 18.2. The van der Waals surface area contributed by atoms with Crippen LogP contribution < -0.4 is 9.47 Å². The van der Waals surface area contributed by atoms with Crippen LogP contribution in [0, 0.1) is 5.92 Å². The molecule has 1 fully saturated rings. The first-order valence-electron chi connectivity index (χ1n) is 10.9. The topological polar surface area (TPSA) is 58.9 Å². The van der Waals surface area contributed by atoms with E-state index in [0.717, 1.165) is 35.1 Å². The van der Waals surface area contributed by atoms with Crippen molar-refractivity contribution < 1.29 is 19.7 Å². The first-order valence-corrected chi connectivity index (χ1v) is 11.2. The summed E-state index contributed by atoms with van der Waals surface area (Å²) in [6.45, 7) is 6.73. The van der Waals surface area contributed by atoms with Gasteiger partial charge in [0.1, 0.15) is 24.7 Å². The number of rotatable bonds is 8. The van der Waals surface area contributed by atoms with Crippen LogP contribution in [0.25, 0.3) is 10.8 Å². The van der Waals surface area contributed by atoms with E-state index in [4.69, 9.17) is 21.1 Å². The van der Waals surface area contributed by atoms with E-state index in [9.17, 15) is 10.2 Å². The van der Waals surface area contributed by atoms with Crippen molar-refractivity contribution in [3.8, 4) is 11.5 Å². The summed E-state index contributed by atoms with van der Waals surface area (Å²) in [7, 11) is 0. The summed E-state index contributed by atoms with van der Waals surface area (Å²) in [4.78, 5) is 0.